The van der Waals surface area contributed by atoms with E-state index in [4.69, 9.17) is 23.2 Å². The van der Waals surface area contributed by atoms with Gasteiger partial charge in [-0.15, -0.1) is 0 Å². The van der Waals surface area contributed by atoms with Crippen molar-refractivity contribution in [2.45, 2.75) is 70.5 Å². The number of rotatable bonds is 12. The number of carbonyl (C=O) groups is 2. The van der Waals surface area contributed by atoms with Crippen LogP contribution < -0.4 is 9.62 Å². The van der Waals surface area contributed by atoms with E-state index in [-0.39, 0.29) is 29.3 Å². The minimum Gasteiger partial charge on any atom is -0.352 e. The largest absolute Gasteiger partial charge is 0.352 e. The first-order valence-electron chi connectivity index (χ1n) is 13.6. The Morgan fingerprint density at radius 2 is 1.51 bits per heavy atom. The van der Waals surface area contributed by atoms with Crippen molar-refractivity contribution in [1.29, 1.82) is 0 Å². The lowest BCUT2D eigenvalue weighted by atomic mass is 10.0. The maximum Gasteiger partial charge on any atom is 0.264 e. The number of hydrogen-bond donors (Lipinski definition) is 1. The van der Waals surface area contributed by atoms with Crippen molar-refractivity contribution < 1.29 is 18.0 Å². The molecule has 3 aromatic rings. The van der Waals surface area contributed by atoms with Crippen molar-refractivity contribution in [2.75, 3.05) is 10.8 Å². The van der Waals surface area contributed by atoms with Crippen LogP contribution in [0.25, 0.3) is 0 Å². The first kappa shape index (κ1) is 32.4. The third-order valence-corrected chi connectivity index (χ3v) is 9.49. The standard InChI is InChI=1S/C31H37Cl2N3O4S/c1-6-22(4)34-31(38)23(5)35(19-24-12-17-28(32)29(33)18-24)30(37)20-36(26-15-13-25(14-16-26)21(2)3)41(39,40)27-10-8-7-9-11-27/h7-18,21-23H,6,19-20H2,1-5H3,(H,34,38)/t22-,23-/m0/s1. The number of amides is 2. The van der Waals surface area contributed by atoms with Gasteiger partial charge in [0.1, 0.15) is 12.6 Å². The van der Waals surface area contributed by atoms with Gasteiger partial charge in [-0.05, 0) is 73.7 Å². The molecule has 0 aliphatic heterocycles. The van der Waals surface area contributed by atoms with E-state index in [1.807, 2.05) is 39.8 Å². The molecule has 0 bridgehead atoms. The van der Waals surface area contributed by atoms with Crippen molar-refractivity contribution in [3.63, 3.8) is 0 Å². The van der Waals surface area contributed by atoms with E-state index in [0.29, 0.717) is 27.7 Å². The van der Waals surface area contributed by atoms with Crippen molar-refractivity contribution in [2.24, 2.45) is 0 Å². The Hall–Kier alpha value is -3.07. The fourth-order valence-electron chi connectivity index (χ4n) is 4.16. The van der Waals surface area contributed by atoms with Gasteiger partial charge in [-0.3, -0.25) is 13.9 Å². The Labute approximate surface area is 253 Å². The van der Waals surface area contributed by atoms with E-state index in [1.165, 1.54) is 17.0 Å². The van der Waals surface area contributed by atoms with Crippen molar-refractivity contribution in [3.05, 3.63) is 94.0 Å². The summed E-state index contributed by atoms with van der Waals surface area (Å²) < 4.78 is 28.9. The highest BCUT2D eigenvalue weighted by atomic mass is 35.5. The average molecular weight is 619 g/mol. The zero-order chi connectivity index (χ0) is 30.3. The van der Waals surface area contributed by atoms with E-state index in [2.05, 4.69) is 5.32 Å². The van der Waals surface area contributed by atoms with Crippen LogP contribution in [0.5, 0.6) is 0 Å². The molecule has 0 heterocycles. The van der Waals surface area contributed by atoms with Crippen LogP contribution in [0.15, 0.2) is 77.7 Å². The van der Waals surface area contributed by atoms with Gasteiger partial charge in [0, 0.05) is 12.6 Å². The molecule has 0 aliphatic carbocycles. The summed E-state index contributed by atoms with van der Waals surface area (Å²) in [6, 6.07) is 19.1. The number of nitrogens with zero attached hydrogens (tertiary/aromatic N) is 2. The summed E-state index contributed by atoms with van der Waals surface area (Å²) in [5, 5.41) is 3.59. The third-order valence-electron chi connectivity index (χ3n) is 6.96. The van der Waals surface area contributed by atoms with E-state index < -0.39 is 28.5 Å². The van der Waals surface area contributed by atoms with Crippen molar-refractivity contribution >= 4 is 50.7 Å². The number of nitrogens with one attached hydrogen (secondary N) is 1. The second-order valence-electron chi connectivity index (χ2n) is 10.3. The molecule has 0 saturated carbocycles. The van der Waals surface area contributed by atoms with E-state index >= 15 is 0 Å². The van der Waals surface area contributed by atoms with Gasteiger partial charge in [0.15, 0.2) is 0 Å². The van der Waals surface area contributed by atoms with Crippen LogP contribution in [0.4, 0.5) is 5.69 Å². The first-order chi connectivity index (χ1) is 19.3. The number of sulfonamides is 1. The Morgan fingerprint density at radius 1 is 0.878 bits per heavy atom. The van der Waals surface area contributed by atoms with Gasteiger partial charge in [0.05, 0.1) is 20.6 Å². The van der Waals surface area contributed by atoms with Crippen LogP contribution in [0, 0.1) is 0 Å². The molecule has 3 aromatic carbocycles. The predicted octanol–water partition coefficient (Wildman–Crippen LogP) is 6.64. The highest BCUT2D eigenvalue weighted by Gasteiger charge is 2.32. The van der Waals surface area contributed by atoms with Crippen LogP contribution in [0.2, 0.25) is 10.0 Å². The van der Waals surface area contributed by atoms with Gasteiger partial charge in [-0.2, -0.15) is 0 Å². The lowest BCUT2D eigenvalue weighted by Gasteiger charge is -2.32. The molecule has 0 aromatic heterocycles. The average Bonchev–Trinajstić information content (AvgIpc) is 2.96. The summed E-state index contributed by atoms with van der Waals surface area (Å²) in [7, 11) is -4.12. The van der Waals surface area contributed by atoms with Crippen molar-refractivity contribution in [1.82, 2.24) is 10.2 Å². The molecule has 0 saturated heterocycles. The summed E-state index contributed by atoms with van der Waals surface area (Å²) >= 11 is 12.3. The smallest absolute Gasteiger partial charge is 0.264 e. The van der Waals surface area contributed by atoms with Gasteiger partial charge >= 0.3 is 0 Å². The number of benzene rings is 3. The van der Waals surface area contributed by atoms with Gasteiger partial charge < -0.3 is 10.2 Å². The maximum atomic E-state index is 14.0. The summed E-state index contributed by atoms with van der Waals surface area (Å²) in [4.78, 5) is 28.6. The molecule has 0 fully saturated rings. The highest BCUT2D eigenvalue weighted by molar-refractivity contribution is 7.92. The van der Waals surface area contributed by atoms with Crippen LogP contribution in [-0.4, -0.2) is 43.8 Å². The molecule has 41 heavy (non-hydrogen) atoms. The number of hydrogen-bond acceptors (Lipinski definition) is 4. The normalized spacial score (nSPS) is 13.0. The zero-order valence-corrected chi connectivity index (χ0v) is 26.3. The molecule has 1 N–H and O–H groups in total. The topological polar surface area (TPSA) is 86.8 Å². The molecule has 0 unspecified atom stereocenters. The van der Waals surface area contributed by atoms with Crippen LogP contribution >= 0.6 is 23.2 Å². The van der Waals surface area contributed by atoms with E-state index in [1.54, 1.807) is 55.5 Å². The quantitative estimate of drug-likeness (QED) is 0.247. The van der Waals surface area contributed by atoms with Gasteiger partial charge in [0.25, 0.3) is 10.0 Å². The second-order valence-corrected chi connectivity index (χ2v) is 13.0. The lowest BCUT2D eigenvalue weighted by molar-refractivity contribution is -0.139. The molecular weight excluding hydrogens is 581 g/mol. The lowest BCUT2D eigenvalue weighted by Crippen LogP contribution is -2.52. The summed E-state index contributed by atoms with van der Waals surface area (Å²) in [5.74, 6) is -0.641. The second kappa shape index (κ2) is 14.2. The monoisotopic (exact) mass is 617 g/mol. The molecule has 0 spiro atoms. The van der Waals surface area contributed by atoms with Gasteiger partial charge in [0.2, 0.25) is 11.8 Å². The Bertz CT molecular complexity index is 1450. The molecule has 2 amide bonds. The number of anilines is 1. The summed E-state index contributed by atoms with van der Waals surface area (Å²) in [6.45, 7) is 9.06. The molecule has 2 atom stereocenters. The highest BCUT2D eigenvalue weighted by Crippen LogP contribution is 2.27. The van der Waals surface area contributed by atoms with Gasteiger partial charge in [-0.1, -0.05) is 80.4 Å². The molecule has 10 heteroatoms. The molecule has 7 nitrogen and oxygen atoms in total. The third kappa shape index (κ3) is 8.24. The minimum absolute atomic E-state index is 0.0241. The molecular formula is C31H37Cl2N3O4S. The summed E-state index contributed by atoms with van der Waals surface area (Å²) in [6.07, 6.45) is 0.717. The molecule has 3 rings (SSSR count). The van der Waals surface area contributed by atoms with Gasteiger partial charge in [-0.25, -0.2) is 8.42 Å². The summed E-state index contributed by atoms with van der Waals surface area (Å²) in [5.41, 5.74) is 2.03. The van der Waals surface area contributed by atoms with Crippen LogP contribution in [0.3, 0.4) is 0 Å². The number of carbonyl (C=O) groups excluding carboxylic acids is 2. The first-order valence-corrected chi connectivity index (χ1v) is 15.8. The van der Waals surface area contributed by atoms with E-state index in [0.717, 1.165) is 9.87 Å². The fraction of sp³-hybridized carbons (Fsp3) is 0.355. The molecule has 220 valence electrons. The SMILES string of the molecule is CC[C@H](C)NC(=O)[C@H](C)N(Cc1ccc(Cl)c(Cl)c1)C(=O)CN(c1ccc(C(C)C)cc1)S(=O)(=O)c1ccccc1. The predicted molar refractivity (Wildman–Crippen MR) is 166 cm³/mol. The molecule has 0 radical (unpaired) electrons. The van der Waals surface area contributed by atoms with Crippen LogP contribution in [0.1, 0.15) is 58.1 Å². The minimum atomic E-state index is -4.12. The zero-order valence-electron chi connectivity index (χ0n) is 24.0. The Balaban J connectivity index is 2.04. The Kier molecular flexibility index (Phi) is 11.2. The maximum absolute atomic E-state index is 14.0. The van der Waals surface area contributed by atoms with E-state index in [9.17, 15) is 18.0 Å². The number of halogens is 2. The Morgan fingerprint density at radius 3 is 2.07 bits per heavy atom. The fourth-order valence-corrected chi connectivity index (χ4v) is 5.91. The van der Waals surface area contributed by atoms with Crippen LogP contribution in [-0.2, 0) is 26.2 Å². The van der Waals surface area contributed by atoms with Crippen molar-refractivity contribution in [3.8, 4) is 0 Å². The molecule has 0 aliphatic rings.